The monoisotopic (exact) mass is 451 g/mol. The molecule has 6 nitrogen and oxygen atoms in total. The highest BCUT2D eigenvalue weighted by Gasteiger charge is 2.28. The number of Topliss-reactive ketones (excluding diaryl/α,β-unsaturated/α-hetero) is 1. The standard InChI is InChI=1S/C28H25N3O3/c1-28(2)16-21-10-13-23(34-3)14-24(21)25(31-28)15-26(32)19-8-11-22(12-9-19)30-27(33)20-6-4-18(17-29)5-7-20/h4-14H,15-16H2,1-3H3,(H,30,33). The molecule has 3 aromatic rings. The number of hydrogen-bond donors (Lipinski definition) is 1. The minimum absolute atomic E-state index is 0.0461. The molecule has 170 valence electrons. The van der Waals surface area contributed by atoms with Crippen LogP contribution in [0.1, 0.15) is 57.7 Å². The molecule has 1 aliphatic rings. The number of fused-ring (bicyclic) bond motifs is 1. The molecule has 0 fully saturated rings. The van der Waals surface area contributed by atoms with Crippen LogP contribution in [0.15, 0.2) is 71.7 Å². The number of methoxy groups -OCH3 is 1. The van der Waals surface area contributed by atoms with Crippen molar-refractivity contribution in [3.05, 3.63) is 94.5 Å². The summed E-state index contributed by atoms with van der Waals surface area (Å²) in [5, 5.41) is 11.7. The zero-order valence-corrected chi connectivity index (χ0v) is 19.4. The predicted molar refractivity (Wildman–Crippen MR) is 132 cm³/mol. The van der Waals surface area contributed by atoms with E-state index in [0.717, 1.165) is 29.0 Å². The van der Waals surface area contributed by atoms with Crippen LogP contribution in [0.3, 0.4) is 0 Å². The molecule has 0 radical (unpaired) electrons. The minimum Gasteiger partial charge on any atom is -0.497 e. The summed E-state index contributed by atoms with van der Waals surface area (Å²) in [4.78, 5) is 30.4. The molecule has 0 saturated carbocycles. The fourth-order valence-electron chi connectivity index (χ4n) is 4.06. The highest BCUT2D eigenvalue weighted by atomic mass is 16.5. The van der Waals surface area contributed by atoms with Gasteiger partial charge in [0.1, 0.15) is 5.75 Å². The lowest BCUT2D eigenvalue weighted by molar-refractivity contribution is 0.0998. The van der Waals surface area contributed by atoms with Gasteiger partial charge in [0.05, 0.1) is 36.4 Å². The highest BCUT2D eigenvalue weighted by molar-refractivity contribution is 6.17. The van der Waals surface area contributed by atoms with Crippen molar-refractivity contribution in [2.75, 3.05) is 12.4 Å². The van der Waals surface area contributed by atoms with E-state index in [4.69, 9.17) is 15.0 Å². The summed E-state index contributed by atoms with van der Waals surface area (Å²) in [5.74, 6) is 0.407. The first-order valence-electron chi connectivity index (χ1n) is 11.0. The van der Waals surface area contributed by atoms with E-state index in [2.05, 4.69) is 19.2 Å². The van der Waals surface area contributed by atoms with Crippen LogP contribution < -0.4 is 10.1 Å². The number of benzene rings is 3. The third-order valence-electron chi connectivity index (χ3n) is 5.76. The maximum absolute atomic E-state index is 13.1. The Kier molecular flexibility index (Phi) is 6.29. The van der Waals surface area contributed by atoms with E-state index < -0.39 is 0 Å². The Bertz CT molecular complexity index is 1310. The van der Waals surface area contributed by atoms with Gasteiger partial charge < -0.3 is 10.1 Å². The van der Waals surface area contributed by atoms with Crippen molar-refractivity contribution in [3.63, 3.8) is 0 Å². The minimum atomic E-state index is -0.284. The molecule has 0 saturated heterocycles. The summed E-state index contributed by atoms with van der Waals surface area (Å²) in [6.45, 7) is 4.13. The third-order valence-corrected chi connectivity index (χ3v) is 5.76. The first kappa shape index (κ1) is 22.9. The van der Waals surface area contributed by atoms with Gasteiger partial charge in [-0.25, -0.2) is 0 Å². The van der Waals surface area contributed by atoms with E-state index in [1.165, 1.54) is 0 Å². The molecule has 0 aliphatic carbocycles. The second-order valence-corrected chi connectivity index (χ2v) is 8.89. The van der Waals surface area contributed by atoms with Crippen molar-refractivity contribution < 1.29 is 14.3 Å². The molecule has 0 bridgehead atoms. The second-order valence-electron chi connectivity index (χ2n) is 8.89. The van der Waals surface area contributed by atoms with Crippen molar-refractivity contribution in [2.45, 2.75) is 32.2 Å². The van der Waals surface area contributed by atoms with Crippen molar-refractivity contribution in [2.24, 2.45) is 4.99 Å². The van der Waals surface area contributed by atoms with Crippen LogP contribution in [0, 0.1) is 11.3 Å². The number of nitrogens with zero attached hydrogens (tertiary/aromatic N) is 2. The van der Waals surface area contributed by atoms with Gasteiger partial charge in [0.15, 0.2) is 5.78 Å². The number of anilines is 1. The molecule has 34 heavy (non-hydrogen) atoms. The number of ether oxygens (including phenoxy) is 1. The molecule has 0 unspecified atom stereocenters. The van der Waals surface area contributed by atoms with E-state index in [1.54, 1.807) is 55.6 Å². The molecular weight excluding hydrogens is 426 g/mol. The van der Waals surface area contributed by atoms with Gasteiger partial charge in [-0.3, -0.25) is 14.6 Å². The van der Waals surface area contributed by atoms with Crippen LogP contribution in [0.25, 0.3) is 0 Å². The molecule has 0 spiro atoms. The zero-order valence-electron chi connectivity index (χ0n) is 19.4. The van der Waals surface area contributed by atoms with Gasteiger partial charge in [0.2, 0.25) is 0 Å². The highest BCUT2D eigenvalue weighted by Crippen LogP contribution is 2.31. The Labute approximate surface area is 198 Å². The van der Waals surface area contributed by atoms with E-state index in [0.29, 0.717) is 22.4 Å². The molecule has 1 aliphatic heterocycles. The number of ketones is 1. The Morgan fingerprint density at radius 3 is 2.35 bits per heavy atom. The number of aliphatic imine (C=N–C) groups is 1. The van der Waals surface area contributed by atoms with Crippen molar-refractivity contribution in [1.29, 1.82) is 5.26 Å². The van der Waals surface area contributed by atoms with Gasteiger partial charge in [-0.1, -0.05) is 6.07 Å². The van der Waals surface area contributed by atoms with Gasteiger partial charge in [0.25, 0.3) is 5.91 Å². The molecule has 3 aromatic carbocycles. The lowest BCUT2D eigenvalue weighted by Crippen LogP contribution is -2.30. The van der Waals surface area contributed by atoms with Crippen LogP contribution >= 0.6 is 0 Å². The zero-order chi connectivity index (χ0) is 24.3. The van der Waals surface area contributed by atoms with Gasteiger partial charge in [-0.2, -0.15) is 5.26 Å². The largest absolute Gasteiger partial charge is 0.497 e. The molecule has 0 atom stereocenters. The summed E-state index contributed by atoms with van der Waals surface area (Å²) in [5.41, 5.74) is 4.66. The summed E-state index contributed by atoms with van der Waals surface area (Å²) >= 11 is 0. The summed E-state index contributed by atoms with van der Waals surface area (Å²) in [7, 11) is 1.62. The molecule has 1 N–H and O–H groups in total. The Morgan fingerprint density at radius 1 is 1.03 bits per heavy atom. The van der Waals surface area contributed by atoms with Gasteiger partial charge in [-0.15, -0.1) is 0 Å². The Hall–Kier alpha value is -4.24. The summed E-state index contributed by atoms with van der Waals surface area (Å²) < 4.78 is 5.37. The fourth-order valence-corrected chi connectivity index (χ4v) is 4.06. The van der Waals surface area contributed by atoms with Crippen LogP contribution in [-0.4, -0.2) is 30.1 Å². The van der Waals surface area contributed by atoms with E-state index in [-0.39, 0.29) is 23.7 Å². The smallest absolute Gasteiger partial charge is 0.255 e. The Morgan fingerprint density at radius 2 is 1.71 bits per heavy atom. The number of nitriles is 1. The number of nitrogens with one attached hydrogen (secondary N) is 1. The van der Waals surface area contributed by atoms with Crippen molar-refractivity contribution >= 4 is 23.1 Å². The average molecular weight is 452 g/mol. The van der Waals surface area contributed by atoms with Crippen LogP contribution in [-0.2, 0) is 6.42 Å². The van der Waals surface area contributed by atoms with E-state index >= 15 is 0 Å². The van der Waals surface area contributed by atoms with Gasteiger partial charge in [0, 0.05) is 22.4 Å². The molecule has 6 heteroatoms. The average Bonchev–Trinajstić information content (AvgIpc) is 2.83. The maximum atomic E-state index is 13.1. The van der Waals surface area contributed by atoms with Gasteiger partial charge >= 0.3 is 0 Å². The number of carbonyl (C=O) groups is 2. The summed E-state index contributed by atoms with van der Waals surface area (Å²) in [6, 6.07) is 21.2. The second kappa shape index (κ2) is 9.32. The SMILES string of the molecule is COc1ccc2c(c1)C(CC(=O)c1ccc(NC(=O)c3ccc(C#N)cc3)cc1)=NC(C)(C)C2. The number of carbonyl (C=O) groups excluding carboxylic acids is 2. The van der Waals surface area contributed by atoms with Crippen LogP contribution in [0.2, 0.25) is 0 Å². The lowest BCUT2D eigenvalue weighted by atomic mass is 9.85. The fraction of sp³-hybridized carbons (Fsp3) is 0.214. The van der Waals surface area contributed by atoms with Crippen molar-refractivity contribution in [3.8, 4) is 11.8 Å². The topological polar surface area (TPSA) is 91.5 Å². The lowest BCUT2D eigenvalue weighted by Gasteiger charge is -2.29. The first-order chi connectivity index (χ1) is 16.3. The first-order valence-corrected chi connectivity index (χ1v) is 11.0. The van der Waals surface area contributed by atoms with Crippen LogP contribution in [0.4, 0.5) is 5.69 Å². The van der Waals surface area contributed by atoms with Crippen LogP contribution in [0.5, 0.6) is 5.75 Å². The normalized spacial score (nSPS) is 13.8. The maximum Gasteiger partial charge on any atom is 0.255 e. The summed E-state index contributed by atoms with van der Waals surface area (Å²) in [6.07, 6.45) is 0.984. The predicted octanol–water partition coefficient (Wildman–Crippen LogP) is 5.22. The molecule has 0 aromatic heterocycles. The van der Waals surface area contributed by atoms with Crippen molar-refractivity contribution in [1.82, 2.24) is 0 Å². The molecule has 4 rings (SSSR count). The molecule has 1 heterocycles. The van der Waals surface area contributed by atoms with Gasteiger partial charge in [-0.05, 0) is 86.5 Å². The third kappa shape index (κ3) is 5.05. The number of rotatable bonds is 6. The molecular formula is C28H25N3O3. The van der Waals surface area contributed by atoms with E-state index in [9.17, 15) is 9.59 Å². The number of hydrogen-bond acceptors (Lipinski definition) is 5. The van der Waals surface area contributed by atoms with E-state index in [1.807, 2.05) is 24.3 Å². The quantitative estimate of drug-likeness (QED) is 0.521. The molecule has 1 amide bonds. The number of amides is 1. The Balaban J connectivity index is 1.48.